The molecule has 2 aliphatic rings. The number of ether oxygens (including phenoxy) is 1. The van der Waals surface area contributed by atoms with Crippen LogP contribution in [-0.4, -0.2) is 15.0 Å². The fourth-order valence-corrected chi connectivity index (χ4v) is 9.51. The summed E-state index contributed by atoms with van der Waals surface area (Å²) >= 11 is 0. The first-order valence-corrected chi connectivity index (χ1v) is 20.3. The lowest BCUT2D eigenvalue weighted by molar-refractivity contribution is 0.436. The summed E-state index contributed by atoms with van der Waals surface area (Å²) in [5, 5.41) is 2.31. The van der Waals surface area contributed by atoms with Gasteiger partial charge in [0.1, 0.15) is 11.5 Å². The Labute approximate surface area is 348 Å². The van der Waals surface area contributed by atoms with Gasteiger partial charge in [-0.1, -0.05) is 164 Å². The van der Waals surface area contributed by atoms with Crippen LogP contribution in [0.3, 0.4) is 0 Å². The molecular formula is C56H35N3O. The van der Waals surface area contributed by atoms with E-state index in [9.17, 15) is 0 Å². The van der Waals surface area contributed by atoms with E-state index in [-0.39, 0.29) is 0 Å². The maximum Gasteiger partial charge on any atom is 0.160 e. The first-order chi connectivity index (χ1) is 29.7. The Kier molecular flexibility index (Phi) is 7.72. The lowest BCUT2D eigenvalue weighted by Crippen LogP contribution is -2.32. The molecule has 3 heterocycles. The van der Waals surface area contributed by atoms with E-state index in [4.69, 9.17) is 14.7 Å². The van der Waals surface area contributed by atoms with Crippen molar-refractivity contribution in [2.75, 3.05) is 0 Å². The molecule has 4 nitrogen and oxygen atoms in total. The summed E-state index contributed by atoms with van der Waals surface area (Å²) in [4.78, 5) is 14.6. The van der Waals surface area contributed by atoms with Gasteiger partial charge in [-0.3, -0.25) is 4.98 Å². The molecule has 0 N–H and O–H groups in total. The highest BCUT2D eigenvalue weighted by Gasteiger charge is 2.51. The molecule has 4 heteroatoms. The Balaban J connectivity index is 1.02. The number of hydrogen-bond acceptors (Lipinski definition) is 4. The molecule has 280 valence electrons. The minimum Gasteiger partial charge on any atom is -0.457 e. The maximum absolute atomic E-state index is 6.69. The summed E-state index contributed by atoms with van der Waals surface area (Å²) < 4.78 is 6.69. The number of para-hydroxylation sites is 2. The highest BCUT2D eigenvalue weighted by molar-refractivity contribution is 5.98. The van der Waals surface area contributed by atoms with Crippen LogP contribution in [0.5, 0.6) is 11.5 Å². The van der Waals surface area contributed by atoms with Gasteiger partial charge < -0.3 is 4.74 Å². The zero-order valence-corrected chi connectivity index (χ0v) is 32.5. The lowest BCUT2D eigenvalue weighted by Gasteiger charge is -2.39. The molecule has 60 heavy (non-hydrogen) atoms. The Hall–Kier alpha value is -7.95. The van der Waals surface area contributed by atoms with Crippen LogP contribution >= 0.6 is 0 Å². The van der Waals surface area contributed by atoms with Crippen molar-refractivity contribution in [1.29, 1.82) is 0 Å². The summed E-state index contributed by atoms with van der Waals surface area (Å²) in [6.45, 7) is 0. The molecule has 8 aromatic carbocycles. The Morgan fingerprint density at radius 2 is 0.917 bits per heavy atom. The van der Waals surface area contributed by atoms with Crippen LogP contribution in [0.2, 0.25) is 0 Å². The van der Waals surface area contributed by atoms with Gasteiger partial charge in [-0.25, -0.2) is 9.97 Å². The zero-order chi connectivity index (χ0) is 39.6. The topological polar surface area (TPSA) is 47.9 Å². The third-order valence-corrected chi connectivity index (χ3v) is 12.3. The standard InChI is InChI=1S/C56H35N3O/c1-3-12-38(13-4-1)51-34-52(59-55(58-51)40-14-5-2-6-15-40)39-24-22-36(23-25-39)41-26-28-44-45-29-27-42(43-17-11-16-37-30-31-57-35-46(37)43)33-50(45)56(49(44)32-41)47-18-7-9-20-53(47)60-54-21-10-8-19-48(54)56/h1-35H. The Morgan fingerprint density at radius 3 is 1.60 bits per heavy atom. The van der Waals surface area contributed by atoms with Gasteiger partial charge in [-0.05, 0) is 86.3 Å². The fourth-order valence-electron chi connectivity index (χ4n) is 9.51. The molecule has 10 aromatic rings. The minimum absolute atomic E-state index is 0.618. The van der Waals surface area contributed by atoms with Crippen molar-refractivity contribution in [2.24, 2.45) is 0 Å². The highest BCUT2D eigenvalue weighted by atomic mass is 16.5. The van der Waals surface area contributed by atoms with E-state index in [0.29, 0.717) is 5.82 Å². The predicted octanol–water partition coefficient (Wildman–Crippen LogP) is 13.8. The van der Waals surface area contributed by atoms with Crippen LogP contribution in [0.4, 0.5) is 0 Å². The molecule has 0 amide bonds. The number of benzene rings is 8. The molecule has 2 aromatic heterocycles. The van der Waals surface area contributed by atoms with Crippen molar-refractivity contribution < 1.29 is 4.74 Å². The van der Waals surface area contributed by atoms with Crippen LogP contribution in [0.1, 0.15) is 22.3 Å². The molecule has 0 atom stereocenters. The quantitative estimate of drug-likeness (QED) is 0.175. The third kappa shape index (κ3) is 5.28. The van der Waals surface area contributed by atoms with Gasteiger partial charge >= 0.3 is 0 Å². The summed E-state index contributed by atoms with van der Waals surface area (Å²) in [7, 11) is 0. The monoisotopic (exact) mass is 765 g/mol. The van der Waals surface area contributed by atoms with Crippen molar-refractivity contribution >= 4 is 10.8 Å². The maximum atomic E-state index is 6.69. The summed E-state index contributed by atoms with van der Waals surface area (Å²) in [6.07, 6.45) is 3.84. The van der Waals surface area contributed by atoms with Gasteiger partial charge in [-0.2, -0.15) is 0 Å². The molecular weight excluding hydrogens is 731 g/mol. The van der Waals surface area contributed by atoms with E-state index in [2.05, 4.69) is 169 Å². The second kappa shape index (κ2) is 13.6. The minimum atomic E-state index is -0.618. The lowest BCUT2D eigenvalue weighted by atomic mass is 9.65. The van der Waals surface area contributed by atoms with Gasteiger partial charge in [0.2, 0.25) is 0 Å². The fraction of sp³-hybridized carbons (Fsp3) is 0.0179. The average molecular weight is 766 g/mol. The molecule has 0 fully saturated rings. The van der Waals surface area contributed by atoms with E-state index < -0.39 is 5.41 Å². The van der Waals surface area contributed by atoms with Crippen LogP contribution < -0.4 is 4.74 Å². The molecule has 12 rings (SSSR count). The van der Waals surface area contributed by atoms with Crippen LogP contribution in [0, 0.1) is 0 Å². The smallest absolute Gasteiger partial charge is 0.160 e. The van der Waals surface area contributed by atoms with Crippen LogP contribution in [0.25, 0.3) is 78.1 Å². The molecule has 1 spiro atoms. The molecule has 0 radical (unpaired) electrons. The first kappa shape index (κ1) is 34.1. The first-order valence-electron chi connectivity index (χ1n) is 20.3. The Morgan fingerprint density at radius 1 is 0.367 bits per heavy atom. The van der Waals surface area contributed by atoms with Gasteiger partial charge in [0.05, 0.1) is 16.8 Å². The van der Waals surface area contributed by atoms with Crippen molar-refractivity contribution in [2.45, 2.75) is 5.41 Å². The van der Waals surface area contributed by atoms with Gasteiger partial charge in [0.25, 0.3) is 0 Å². The Bertz CT molecular complexity index is 3180. The number of nitrogens with zero attached hydrogens (tertiary/aromatic N) is 3. The van der Waals surface area contributed by atoms with E-state index >= 15 is 0 Å². The van der Waals surface area contributed by atoms with Crippen LogP contribution in [-0.2, 0) is 5.41 Å². The number of fused-ring (bicyclic) bond motifs is 10. The summed E-state index contributed by atoms with van der Waals surface area (Å²) in [5.41, 5.74) is 16.1. The van der Waals surface area contributed by atoms with Gasteiger partial charge in [0, 0.05) is 45.6 Å². The summed E-state index contributed by atoms with van der Waals surface area (Å²) in [5.74, 6) is 2.45. The van der Waals surface area contributed by atoms with E-state index in [0.717, 1.165) is 72.8 Å². The van der Waals surface area contributed by atoms with Gasteiger partial charge in [0.15, 0.2) is 5.82 Å². The molecule has 1 aliphatic carbocycles. The molecule has 0 unspecified atom stereocenters. The van der Waals surface area contributed by atoms with Crippen molar-refractivity contribution in [3.63, 3.8) is 0 Å². The van der Waals surface area contributed by atoms with Crippen molar-refractivity contribution in [3.05, 3.63) is 235 Å². The second-order valence-electron chi connectivity index (χ2n) is 15.5. The SMILES string of the molecule is c1ccc(-c2cc(-c3ccc(-c4ccc5c(c4)C4(c6ccccc6Oc6ccccc64)c4cc(-c6cccc7ccncc67)ccc4-5)cc3)nc(-c3ccccc3)n2)cc1. The molecule has 0 saturated heterocycles. The highest BCUT2D eigenvalue weighted by Crippen LogP contribution is 2.63. The average Bonchev–Trinajstić information content (AvgIpc) is 3.61. The number of aromatic nitrogens is 3. The molecule has 0 bridgehead atoms. The second-order valence-corrected chi connectivity index (χ2v) is 15.5. The van der Waals surface area contributed by atoms with Gasteiger partial charge in [-0.15, -0.1) is 0 Å². The zero-order valence-electron chi connectivity index (χ0n) is 32.5. The number of pyridine rings is 1. The normalized spacial score (nSPS) is 12.9. The van der Waals surface area contributed by atoms with Crippen molar-refractivity contribution in [1.82, 2.24) is 15.0 Å². The predicted molar refractivity (Wildman–Crippen MR) is 242 cm³/mol. The molecule has 1 aliphatic heterocycles. The van der Waals surface area contributed by atoms with E-state index in [1.54, 1.807) is 0 Å². The largest absolute Gasteiger partial charge is 0.457 e. The third-order valence-electron chi connectivity index (χ3n) is 12.3. The van der Waals surface area contributed by atoms with Crippen molar-refractivity contribution in [3.8, 4) is 78.8 Å². The number of hydrogen-bond donors (Lipinski definition) is 0. The summed E-state index contributed by atoms with van der Waals surface area (Å²) in [6, 6.07) is 71.1. The molecule has 0 saturated carbocycles. The van der Waals surface area contributed by atoms with Crippen LogP contribution in [0.15, 0.2) is 213 Å². The van der Waals surface area contributed by atoms with E-state index in [1.807, 2.05) is 48.8 Å². The van der Waals surface area contributed by atoms with E-state index in [1.165, 1.54) is 33.2 Å². The number of rotatable bonds is 5.